The van der Waals surface area contributed by atoms with E-state index in [2.05, 4.69) is 10.5 Å². The van der Waals surface area contributed by atoms with Crippen molar-refractivity contribution in [1.82, 2.24) is 0 Å². The van der Waals surface area contributed by atoms with E-state index >= 15 is 0 Å². The molecule has 4 nitrogen and oxygen atoms in total. The minimum Gasteiger partial charge on any atom is -0.478 e. The molecular weight excluding hydrogens is 323 g/mol. The number of hydrogen-bond acceptors (Lipinski definition) is 3. The van der Waals surface area contributed by atoms with Crippen molar-refractivity contribution in [1.29, 1.82) is 0 Å². The minimum absolute atomic E-state index is 0.00721. The molecule has 0 aliphatic heterocycles. The number of halogens is 2. The van der Waals surface area contributed by atoms with Gasteiger partial charge in [0.15, 0.2) is 0 Å². The lowest BCUT2D eigenvalue weighted by Crippen LogP contribution is -1.99. The molecule has 0 amide bonds. The second-order valence-corrected chi connectivity index (χ2v) is 5.15. The highest BCUT2D eigenvalue weighted by Gasteiger charge is 2.08. The van der Waals surface area contributed by atoms with Crippen molar-refractivity contribution in [2.75, 3.05) is 5.43 Å². The van der Waals surface area contributed by atoms with E-state index in [0.717, 1.165) is 5.56 Å². The second-order valence-electron chi connectivity index (χ2n) is 4.31. The number of allylic oxidation sites excluding steroid dienone is 1. The largest absolute Gasteiger partial charge is 0.478 e. The van der Waals surface area contributed by atoms with Gasteiger partial charge in [0.1, 0.15) is 0 Å². The molecule has 0 bridgehead atoms. The number of aromatic carboxylic acids is 1. The highest BCUT2D eigenvalue weighted by atomic mass is 35.5. The van der Waals surface area contributed by atoms with Crippen LogP contribution in [0.3, 0.4) is 0 Å². The Labute approximate surface area is 137 Å². The van der Waals surface area contributed by atoms with Crippen LogP contribution in [0.4, 0.5) is 5.69 Å². The maximum absolute atomic E-state index is 11.0. The summed E-state index contributed by atoms with van der Waals surface area (Å²) in [7, 11) is 0. The zero-order valence-corrected chi connectivity index (χ0v) is 12.8. The van der Waals surface area contributed by atoms with Gasteiger partial charge in [0.25, 0.3) is 0 Å². The quantitative estimate of drug-likeness (QED) is 0.614. The standard InChI is InChI=1S/C16H12Cl2N2O2/c17-12(8-11-4-2-1-3-5-11)10-19-20-13-6-7-15(18)14(9-13)16(21)22/h1-10,20H,(H,21,22). The third-order valence-electron chi connectivity index (χ3n) is 2.68. The number of hydrogen-bond donors (Lipinski definition) is 2. The van der Waals surface area contributed by atoms with E-state index in [1.807, 2.05) is 30.3 Å². The normalized spacial score (nSPS) is 11.6. The fraction of sp³-hybridized carbons (Fsp3) is 0. The number of carboxylic acids is 1. The van der Waals surface area contributed by atoms with E-state index in [-0.39, 0.29) is 10.6 Å². The molecule has 0 heterocycles. The van der Waals surface area contributed by atoms with Crippen LogP contribution in [-0.4, -0.2) is 17.3 Å². The zero-order valence-electron chi connectivity index (χ0n) is 11.3. The lowest BCUT2D eigenvalue weighted by Gasteiger charge is -2.03. The number of rotatable bonds is 5. The van der Waals surface area contributed by atoms with Crippen molar-refractivity contribution in [2.45, 2.75) is 0 Å². The molecule has 6 heteroatoms. The molecule has 0 aliphatic carbocycles. The Morgan fingerprint density at radius 3 is 2.59 bits per heavy atom. The Hall–Kier alpha value is -2.30. The van der Waals surface area contributed by atoms with E-state index < -0.39 is 5.97 Å². The molecular formula is C16H12Cl2N2O2. The lowest BCUT2D eigenvalue weighted by atomic mass is 10.2. The Morgan fingerprint density at radius 2 is 1.91 bits per heavy atom. The molecule has 2 N–H and O–H groups in total. The summed E-state index contributed by atoms with van der Waals surface area (Å²) >= 11 is 11.8. The average Bonchev–Trinajstić information content (AvgIpc) is 2.49. The number of hydrazone groups is 1. The highest BCUT2D eigenvalue weighted by Crippen LogP contribution is 2.20. The number of benzene rings is 2. The van der Waals surface area contributed by atoms with E-state index in [4.69, 9.17) is 28.3 Å². The van der Waals surface area contributed by atoms with Gasteiger partial charge in [0, 0.05) is 0 Å². The van der Waals surface area contributed by atoms with Gasteiger partial charge in [-0.25, -0.2) is 4.79 Å². The van der Waals surface area contributed by atoms with Gasteiger partial charge in [-0.2, -0.15) is 5.10 Å². The SMILES string of the molecule is O=C(O)c1cc(NN=CC(Cl)=Cc2ccccc2)ccc1Cl. The van der Waals surface area contributed by atoms with Gasteiger partial charge in [-0.1, -0.05) is 53.5 Å². The summed E-state index contributed by atoms with van der Waals surface area (Å²) in [5, 5.41) is 13.6. The Balaban J connectivity index is 2.05. The summed E-state index contributed by atoms with van der Waals surface area (Å²) in [4.78, 5) is 11.0. The number of carbonyl (C=O) groups is 1. The molecule has 0 atom stereocenters. The first kappa shape index (κ1) is 16.1. The third-order valence-corrected chi connectivity index (χ3v) is 3.22. The summed E-state index contributed by atoms with van der Waals surface area (Å²) < 4.78 is 0. The smallest absolute Gasteiger partial charge is 0.337 e. The van der Waals surface area contributed by atoms with Gasteiger partial charge in [0.05, 0.1) is 27.5 Å². The third kappa shape index (κ3) is 4.62. The number of nitrogens with one attached hydrogen (secondary N) is 1. The first-order valence-corrected chi connectivity index (χ1v) is 7.06. The predicted octanol–water partition coefficient (Wildman–Crippen LogP) is 4.72. The van der Waals surface area contributed by atoms with Gasteiger partial charge >= 0.3 is 5.97 Å². The molecule has 0 aliphatic rings. The molecule has 2 aromatic rings. The van der Waals surface area contributed by atoms with Crippen molar-refractivity contribution in [3.63, 3.8) is 0 Å². The molecule has 0 spiro atoms. The maximum Gasteiger partial charge on any atom is 0.337 e. The monoisotopic (exact) mass is 334 g/mol. The van der Waals surface area contributed by atoms with Gasteiger partial charge in [-0.15, -0.1) is 0 Å². The van der Waals surface area contributed by atoms with Crippen molar-refractivity contribution >= 4 is 47.1 Å². The summed E-state index contributed by atoms with van der Waals surface area (Å²) in [6, 6.07) is 14.1. The van der Waals surface area contributed by atoms with Gasteiger partial charge in [-0.3, -0.25) is 5.43 Å². The molecule has 2 rings (SSSR count). The van der Waals surface area contributed by atoms with E-state index in [1.165, 1.54) is 18.3 Å². The van der Waals surface area contributed by atoms with Crippen LogP contribution in [0.1, 0.15) is 15.9 Å². The predicted molar refractivity (Wildman–Crippen MR) is 90.8 cm³/mol. The van der Waals surface area contributed by atoms with Crippen LogP contribution in [0.5, 0.6) is 0 Å². The Morgan fingerprint density at radius 1 is 1.18 bits per heavy atom. The summed E-state index contributed by atoms with van der Waals surface area (Å²) in [6.45, 7) is 0. The van der Waals surface area contributed by atoms with E-state index in [0.29, 0.717) is 10.7 Å². The summed E-state index contributed by atoms with van der Waals surface area (Å²) in [5.74, 6) is -1.10. The maximum atomic E-state index is 11.0. The molecule has 0 aromatic heterocycles. The molecule has 0 saturated heterocycles. The first-order chi connectivity index (χ1) is 10.6. The van der Waals surface area contributed by atoms with Gasteiger partial charge in [-0.05, 0) is 29.8 Å². The molecule has 0 unspecified atom stereocenters. The van der Waals surface area contributed by atoms with Crippen LogP contribution in [-0.2, 0) is 0 Å². The van der Waals surface area contributed by atoms with Crippen LogP contribution in [0.25, 0.3) is 6.08 Å². The zero-order chi connectivity index (χ0) is 15.9. The molecule has 0 saturated carbocycles. The molecule has 112 valence electrons. The van der Waals surface area contributed by atoms with Crippen LogP contribution in [0, 0.1) is 0 Å². The van der Waals surface area contributed by atoms with Gasteiger partial charge < -0.3 is 5.11 Å². The summed E-state index contributed by atoms with van der Waals surface area (Å²) in [5.41, 5.74) is 4.17. The van der Waals surface area contributed by atoms with Crippen LogP contribution in [0.2, 0.25) is 5.02 Å². The highest BCUT2D eigenvalue weighted by molar-refractivity contribution is 6.41. The first-order valence-electron chi connectivity index (χ1n) is 6.30. The Kier molecular flexibility index (Phi) is 5.58. The number of carboxylic acid groups (broad SMARTS) is 1. The van der Waals surface area contributed by atoms with E-state index in [9.17, 15) is 4.79 Å². The van der Waals surface area contributed by atoms with Gasteiger partial charge in [0.2, 0.25) is 0 Å². The fourth-order valence-corrected chi connectivity index (χ4v) is 2.05. The number of nitrogens with zero attached hydrogens (tertiary/aromatic N) is 1. The van der Waals surface area contributed by atoms with Crippen molar-refractivity contribution in [3.8, 4) is 0 Å². The molecule has 22 heavy (non-hydrogen) atoms. The molecule has 0 radical (unpaired) electrons. The molecule has 0 fully saturated rings. The number of anilines is 1. The van der Waals surface area contributed by atoms with Crippen LogP contribution in [0.15, 0.2) is 58.7 Å². The van der Waals surface area contributed by atoms with Crippen molar-refractivity contribution in [3.05, 3.63) is 69.7 Å². The van der Waals surface area contributed by atoms with Crippen LogP contribution >= 0.6 is 23.2 Å². The summed E-state index contributed by atoms with van der Waals surface area (Å²) in [6.07, 6.45) is 3.20. The minimum atomic E-state index is -1.10. The second kappa shape index (κ2) is 7.64. The van der Waals surface area contributed by atoms with E-state index in [1.54, 1.807) is 12.1 Å². The average molecular weight is 335 g/mol. The van der Waals surface area contributed by atoms with Crippen molar-refractivity contribution in [2.24, 2.45) is 5.10 Å². The van der Waals surface area contributed by atoms with Crippen LogP contribution < -0.4 is 5.43 Å². The topological polar surface area (TPSA) is 61.7 Å². The Bertz CT molecular complexity index is 728. The molecule has 2 aromatic carbocycles. The van der Waals surface area contributed by atoms with Crippen molar-refractivity contribution < 1.29 is 9.90 Å². The lowest BCUT2D eigenvalue weighted by molar-refractivity contribution is 0.0697. The fourth-order valence-electron chi connectivity index (χ4n) is 1.67.